The molecule has 3 aromatic rings. The van der Waals surface area contributed by atoms with Gasteiger partial charge in [-0.3, -0.25) is 9.59 Å². The van der Waals surface area contributed by atoms with Crippen LogP contribution in [0.2, 0.25) is 0 Å². The molecule has 1 aliphatic carbocycles. The number of benzene rings is 1. The third-order valence-electron chi connectivity index (χ3n) is 6.38. The van der Waals surface area contributed by atoms with Crippen molar-refractivity contribution in [3.05, 3.63) is 52.9 Å². The van der Waals surface area contributed by atoms with E-state index in [-0.39, 0.29) is 23.5 Å². The Morgan fingerprint density at radius 3 is 2.45 bits per heavy atom. The Hall–Kier alpha value is -2.94. The van der Waals surface area contributed by atoms with Crippen LogP contribution in [0.3, 0.4) is 0 Å². The zero-order chi connectivity index (χ0) is 21.9. The molecule has 1 aliphatic heterocycles. The molecule has 1 atom stereocenters. The van der Waals surface area contributed by atoms with E-state index in [2.05, 4.69) is 13.9 Å². The number of hydrogen-bond acceptors (Lipinski definition) is 6. The quantitative estimate of drug-likeness (QED) is 0.619. The van der Waals surface area contributed by atoms with Crippen LogP contribution in [0.5, 0.6) is 0 Å². The summed E-state index contributed by atoms with van der Waals surface area (Å²) in [6, 6.07) is 5.31. The summed E-state index contributed by atoms with van der Waals surface area (Å²) >= 11 is 1.29. The van der Waals surface area contributed by atoms with Crippen molar-refractivity contribution < 1.29 is 14.0 Å². The van der Waals surface area contributed by atoms with Crippen molar-refractivity contribution in [2.24, 2.45) is 0 Å². The molecule has 3 heterocycles. The Balaban J connectivity index is 1.60. The van der Waals surface area contributed by atoms with Crippen molar-refractivity contribution in [3.63, 3.8) is 0 Å². The van der Waals surface area contributed by atoms with Crippen molar-refractivity contribution >= 4 is 23.2 Å². The Bertz CT molecular complexity index is 1200. The van der Waals surface area contributed by atoms with E-state index in [0.29, 0.717) is 30.3 Å². The summed E-state index contributed by atoms with van der Waals surface area (Å²) in [6.07, 6.45) is 1.53. The molecule has 31 heavy (non-hydrogen) atoms. The van der Waals surface area contributed by atoms with Crippen molar-refractivity contribution in [1.29, 1.82) is 0 Å². The Labute approximate surface area is 183 Å². The van der Waals surface area contributed by atoms with Crippen LogP contribution >= 0.6 is 11.5 Å². The van der Waals surface area contributed by atoms with Crippen LogP contribution in [-0.4, -0.2) is 42.0 Å². The number of aromatic nitrogens is 4. The molecule has 5 rings (SSSR count). The van der Waals surface area contributed by atoms with Gasteiger partial charge < -0.3 is 9.47 Å². The summed E-state index contributed by atoms with van der Waals surface area (Å²) in [5, 5.41) is 0.717. The average Bonchev–Trinajstić information content (AvgIpc) is 3.30. The zero-order valence-corrected chi connectivity index (χ0v) is 18.4. The predicted octanol–water partition coefficient (Wildman–Crippen LogP) is 3.69. The molecule has 9 heteroatoms. The van der Waals surface area contributed by atoms with Gasteiger partial charge in [0.1, 0.15) is 17.4 Å². The van der Waals surface area contributed by atoms with Gasteiger partial charge in [0.15, 0.2) is 10.8 Å². The maximum atomic E-state index is 13.3. The monoisotopic (exact) mass is 439 g/mol. The Morgan fingerprint density at radius 2 is 1.87 bits per heavy atom. The van der Waals surface area contributed by atoms with Gasteiger partial charge in [0, 0.05) is 18.7 Å². The lowest BCUT2D eigenvalue weighted by Gasteiger charge is -2.36. The zero-order valence-electron chi connectivity index (χ0n) is 17.6. The molecule has 0 spiro atoms. The molecule has 1 fully saturated rings. The predicted molar refractivity (Wildman–Crippen MR) is 113 cm³/mol. The van der Waals surface area contributed by atoms with Crippen LogP contribution in [-0.2, 0) is 16.8 Å². The normalized spacial score (nSPS) is 19.2. The first-order chi connectivity index (χ1) is 14.8. The highest BCUT2D eigenvalue weighted by molar-refractivity contribution is 7.09. The average molecular weight is 440 g/mol. The number of aryl methyl sites for hydroxylation is 1. The highest BCUT2D eigenvalue weighted by Gasteiger charge is 2.54. The minimum atomic E-state index is -0.578. The van der Waals surface area contributed by atoms with Gasteiger partial charge in [-0.25, -0.2) is 14.4 Å². The molecule has 1 saturated carbocycles. The van der Waals surface area contributed by atoms with Crippen molar-refractivity contribution in [2.75, 3.05) is 6.54 Å². The van der Waals surface area contributed by atoms with Gasteiger partial charge in [0.25, 0.3) is 5.91 Å². The number of imidazole rings is 1. The van der Waals surface area contributed by atoms with Crippen LogP contribution in [0.1, 0.15) is 60.3 Å². The summed E-state index contributed by atoms with van der Waals surface area (Å²) in [7, 11) is 0. The largest absolute Gasteiger partial charge is 0.329 e. The van der Waals surface area contributed by atoms with Crippen molar-refractivity contribution in [1.82, 2.24) is 23.8 Å². The second kappa shape index (κ2) is 7.05. The molecule has 7 nitrogen and oxygen atoms in total. The number of carbonyl (C=O) groups excluding carboxylic acids is 2. The number of Topliss-reactive ketones (excluding diaryl/α,β-unsaturated/α-hetero) is 1. The van der Waals surface area contributed by atoms with E-state index in [1.165, 1.54) is 35.8 Å². The van der Waals surface area contributed by atoms with Gasteiger partial charge in [-0.15, -0.1) is 0 Å². The number of carbonyl (C=O) groups is 2. The summed E-state index contributed by atoms with van der Waals surface area (Å²) < 4.78 is 19.7. The minimum Gasteiger partial charge on any atom is -0.329 e. The number of rotatable bonds is 4. The fraction of sp³-hybridized carbons (Fsp3) is 0.409. The Kier molecular flexibility index (Phi) is 4.55. The van der Waals surface area contributed by atoms with E-state index >= 15 is 0 Å². The standard InChI is InChI=1S/C22H22FN5O2S/c1-12-17-18(22(8-9-22)13(2)29)25-19(20-24-14(3)26-31-20)28(17)11-10-27(12)21(30)15-4-6-16(23)7-5-15/h4-7,12H,8-11H2,1-3H3/t12-/m1/s1. The number of halogens is 1. The van der Waals surface area contributed by atoms with E-state index in [1.54, 1.807) is 11.8 Å². The molecule has 0 N–H and O–H groups in total. The van der Waals surface area contributed by atoms with E-state index in [4.69, 9.17) is 4.98 Å². The van der Waals surface area contributed by atoms with Gasteiger partial charge >= 0.3 is 0 Å². The Morgan fingerprint density at radius 1 is 1.16 bits per heavy atom. The first kappa shape index (κ1) is 20.0. The fourth-order valence-corrected chi connectivity index (χ4v) is 5.15. The van der Waals surface area contributed by atoms with E-state index in [9.17, 15) is 14.0 Å². The lowest BCUT2D eigenvalue weighted by atomic mass is 9.93. The molecular weight excluding hydrogens is 417 g/mol. The maximum Gasteiger partial charge on any atom is 0.254 e. The SMILES string of the molecule is CC(=O)C1(c2nc(-c3nc(C)ns3)n3c2[C@@H](C)N(C(=O)c2ccc(F)cc2)CC3)CC1. The smallest absolute Gasteiger partial charge is 0.254 e. The second-order valence-corrected chi connectivity index (χ2v) is 9.04. The molecule has 2 aromatic heterocycles. The van der Waals surface area contributed by atoms with Gasteiger partial charge in [-0.2, -0.15) is 4.37 Å². The highest BCUT2D eigenvalue weighted by atomic mass is 32.1. The number of amides is 1. The molecule has 1 amide bonds. The number of nitrogens with zero attached hydrogens (tertiary/aromatic N) is 5. The lowest BCUT2D eigenvalue weighted by Crippen LogP contribution is -2.42. The topological polar surface area (TPSA) is 81.0 Å². The van der Waals surface area contributed by atoms with Gasteiger partial charge in [-0.1, -0.05) is 0 Å². The minimum absolute atomic E-state index is 0.0996. The first-order valence-electron chi connectivity index (χ1n) is 10.3. The van der Waals surface area contributed by atoms with Gasteiger partial charge in [-0.05, 0) is 69.4 Å². The van der Waals surface area contributed by atoms with Crippen LogP contribution in [0.15, 0.2) is 24.3 Å². The summed E-state index contributed by atoms with van der Waals surface area (Å²) in [5.41, 5.74) is 1.50. The summed E-state index contributed by atoms with van der Waals surface area (Å²) in [6.45, 7) is 6.44. The number of ketones is 1. The molecule has 1 aromatic carbocycles. The number of fused-ring (bicyclic) bond motifs is 1. The summed E-state index contributed by atoms with van der Waals surface area (Å²) in [5.74, 6) is 0.958. The van der Waals surface area contributed by atoms with Gasteiger partial charge in [0.05, 0.1) is 22.8 Å². The molecular formula is C22H22FN5O2S. The van der Waals surface area contributed by atoms with Crippen LogP contribution in [0.4, 0.5) is 4.39 Å². The molecule has 0 unspecified atom stereocenters. The first-order valence-corrected chi connectivity index (χ1v) is 11.1. The van der Waals surface area contributed by atoms with E-state index in [1.807, 2.05) is 13.8 Å². The molecule has 0 bridgehead atoms. The van der Waals surface area contributed by atoms with Crippen LogP contribution in [0.25, 0.3) is 10.8 Å². The maximum absolute atomic E-state index is 13.3. The van der Waals surface area contributed by atoms with E-state index < -0.39 is 5.41 Å². The third-order valence-corrected chi connectivity index (χ3v) is 7.18. The molecule has 0 saturated heterocycles. The highest BCUT2D eigenvalue weighted by Crippen LogP contribution is 2.52. The lowest BCUT2D eigenvalue weighted by molar-refractivity contribution is -0.119. The third kappa shape index (κ3) is 3.10. The van der Waals surface area contributed by atoms with E-state index in [0.717, 1.165) is 29.2 Å². The van der Waals surface area contributed by atoms with Crippen LogP contribution in [0, 0.1) is 12.7 Å². The fourth-order valence-electron chi connectivity index (χ4n) is 4.48. The molecule has 160 valence electrons. The number of hydrogen-bond donors (Lipinski definition) is 0. The second-order valence-electron chi connectivity index (χ2n) is 8.29. The summed E-state index contributed by atoms with van der Waals surface area (Å²) in [4.78, 5) is 37.0. The van der Waals surface area contributed by atoms with Gasteiger partial charge in [0.2, 0.25) is 0 Å². The van der Waals surface area contributed by atoms with Crippen molar-refractivity contribution in [2.45, 2.75) is 51.6 Å². The van der Waals surface area contributed by atoms with Crippen molar-refractivity contribution in [3.8, 4) is 10.8 Å². The van der Waals surface area contributed by atoms with Crippen LogP contribution < -0.4 is 0 Å². The molecule has 2 aliphatic rings. The molecule has 0 radical (unpaired) electrons.